The number of aliphatic hydroxyl groups excluding tert-OH is 1. The van der Waals surface area contributed by atoms with Crippen LogP contribution < -0.4 is 0 Å². The van der Waals surface area contributed by atoms with Gasteiger partial charge in [-0.1, -0.05) is 0 Å². The second-order valence-electron chi connectivity index (χ2n) is 4.77. The van der Waals surface area contributed by atoms with Gasteiger partial charge in [0, 0.05) is 19.7 Å². The molecule has 1 amide bonds. The van der Waals surface area contributed by atoms with Crippen LogP contribution in [0.2, 0.25) is 0 Å². The highest BCUT2D eigenvalue weighted by atomic mass is 19.2. The topological polar surface area (TPSA) is 40.5 Å². The van der Waals surface area contributed by atoms with Crippen molar-refractivity contribution in [2.75, 3.05) is 19.7 Å². The van der Waals surface area contributed by atoms with Crippen molar-refractivity contribution in [1.82, 2.24) is 4.90 Å². The Labute approximate surface area is 112 Å². The molecule has 0 spiro atoms. The first-order valence-electron chi connectivity index (χ1n) is 6.18. The lowest BCUT2D eigenvalue weighted by Crippen LogP contribution is -2.30. The van der Waals surface area contributed by atoms with Crippen molar-refractivity contribution in [2.24, 2.45) is 5.92 Å². The summed E-state index contributed by atoms with van der Waals surface area (Å²) in [5.41, 5.74) is -0.814. The maximum Gasteiger partial charge on any atom is 0.257 e. The summed E-state index contributed by atoms with van der Waals surface area (Å²) in [6, 6.07) is 0.370. The molecule has 3 nitrogen and oxygen atoms in total. The Bertz CT molecular complexity index is 536. The van der Waals surface area contributed by atoms with Gasteiger partial charge in [0.05, 0.1) is 5.56 Å². The molecule has 1 heterocycles. The Balaban J connectivity index is 2.23. The molecule has 1 unspecified atom stereocenters. The van der Waals surface area contributed by atoms with Crippen molar-refractivity contribution in [3.05, 3.63) is 34.9 Å². The Hall–Kier alpha value is -1.63. The van der Waals surface area contributed by atoms with Gasteiger partial charge in [0.15, 0.2) is 23.3 Å². The van der Waals surface area contributed by atoms with Gasteiger partial charge in [0.2, 0.25) is 0 Å². The van der Waals surface area contributed by atoms with E-state index in [9.17, 15) is 22.4 Å². The largest absolute Gasteiger partial charge is 0.396 e. The zero-order valence-electron chi connectivity index (χ0n) is 10.5. The summed E-state index contributed by atoms with van der Waals surface area (Å²) >= 11 is 0. The summed E-state index contributed by atoms with van der Waals surface area (Å²) < 4.78 is 52.5. The molecule has 2 rings (SSSR count). The van der Waals surface area contributed by atoms with Gasteiger partial charge in [-0.05, 0) is 24.8 Å². The smallest absolute Gasteiger partial charge is 0.257 e. The van der Waals surface area contributed by atoms with E-state index in [0.717, 1.165) is 0 Å². The number of hydrogen-bond donors (Lipinski definition) is 1. The lowest BCUT2D eigenvalue weighted by atomic mass is 10.1. The molecule has 20 heavy (non-hydrogen) atoms. The molecule has 0 saturated carbocycles. The first-order chi connectivity index (χ1) is 9.45. The van der Waals surface area contributed by atoms with E-state index in [-0.39, 0.29) is 19.1 Å². The Morgan fingerprint density at radius 3 is 2.60 bits per heavy atom. The summed E-state index contributed by atoms with van der Waals surface area (Å²) in [6.07, 6.45) is 1.12. The van der Waals surface area contributed by atoms with Gasteiger partial charge in [-0.3, -0.25) is 4.79 Å². The third kappa shape index (κ3) is 2.63. The van der Waals surface area contributed by atoms with Crippen LogP contribution in [0.3, 0.4) is 0 Å². The van der Waals surface area contributed by atoms with Crippen LogP contribution in [0.15, 0.2) is 6.07 Å². The Kier molecular flexibility index (Phi) is 4.27. The summed E-state index contributed by atoms with van der Waals surface area (Å²) in [5, 5.41) is 8.81. The van der Waals surface area contributed by atoms with E-state index >= 15 is 0 Å². The van der Waals surface area contributed by atoms with Crippen molar-refractivity contribution in [2.45, 2.75) is 12.8 Å². The lowest BCUT2D eigenvalue weighted by Gasteiger charge is -2.17. The molecule has 1 aromatic carbocycles. The number of aliphatic hydroxyl groups is 1. The molecule has 1 N–H and O–H groups in total. The van der Waals surface area contributed by atoms with Crippen molar-refractivity contribution >= 4 is 5.91 Å². The number of nitrogens with zero attached hydrogens (tertiary/aromatic N) is 1. The Morgan fingerprint density at radius 1 is 1.25 bits per heavy atom. The lowest BCUT2D eigenvalue weighted by molar-refractivity contribution is 0.0778. The minimum Gasteiger partial charge on any atom is -0.396 e. The fraction of sp³-hybridized carbons (Fsp3) is 0.462. The molecule has 7 heteroatoms. The average molecular weight is 291 g/mol. The SMILES string of the molecule is O=C(c1cc(F)c(F)c(F)c1F)N1CCC(CCO)C1. The van der Waals surface area contributed by atoms with E-state index < -0.39 is 34.7 Å². The van der Waals surface area contributed by atoms with Crippen molar-refractivity contribution in [3.63, 3.8) is 0 Å². The number of likely N-dealkylation sites (tertiary alicyclic amines) is 1. The quantitative estimate of drug-likeness (QED) is 0.526. The van der Waals surface area contributed by atoms with Crippen molar-refractivity contribution in [3.8, 4) is 0 Å². The summed E-state index contributed by atoms with van der Waals surface area (Å²) in [5.74, 6) is -8.00. The van der Waals surface area contributed by atoms with E-state index in [1.54, 1.807) is 0 Å². The maximum absolute atomic E-state index is 13.5. The van der Waals surface area contributed by atoms with Crippen LogP contribution in [0.5, 0.6) is 0 Å². The molecule has 0 radical (unpaired) electrons. The highest BCUT2D eigenvalue weighted by molar-refractivity contribution is 5.94. The minimum atomic E-state index is -1.99. The predicted octanol–water partition coefficient (Wildman–Crippen LogP) is 2.09. The van der Waals surface area contributed by atoms with Crippen LogP contribution in [-0.2, 0) is 0 Å². The highest BCUT2D eigenvalue weighted by Gasteiger charge is 2.30. The van der Waals surface area contributed by atoms with Gasteiger partial charge in [-0.2, -0.15) is 0 Å². The molecule has 0 aromatic heterocycles. The van der Waals surface area contributed by atoms with E-state index in [1.807, 2.05) is 0 Å². The summed E-state index contributed by atoms with van der Waals surface area (Å²) in [7, 11) is 0. The number of carbonyl (C=O) groups is 1. The van der Waals surface area contributed by atoms with E-state index in [2.05, 4.69) is 0 Å². The molecule has 1 aliphatic rings. The molecule has 1 aliphatic heterocycles. The number of amides is 1. The van der Waals surface area contributed by atoms with E-state index in [0.29, 0.717) is 25.5 Å². The third-order valence-electron chi connectivity index (χ3n) is 3.44. The summed E-state index contributed by atoms with van der Waals surface area (Å²) in [6.45, 7) is 0.559. The van der Waals surface area contributed by atoms with Crippen molar-refractivity contribution in [1.29, 1.82) is 0 Å². The molecule has 1 atom stereocenters. The fourth-order valence-corrected chi connectivity index (χ4v) is 2.33. The fourth-order valence-electron chi connectivity index (χ4n) is 2.33. The molecule has 1 saturated heterocycles. The molecular formula is C13H13F4NO2. The number of hydrogen-bond acceptors (Lipinski definition) is 2. The highest BCUT2D eigenvalue weighted by Crippen LogP contribution is 2.24. The standard InChI is InChI=1S/C13H13F4NO2/c14-9-5-8(10(15)12(17)11(9)16)13(20)18-3-1-7(6-18)2-4-19/h5,7,19H,1-4,6H2. The normalized spacial score (nSPS) is 18.6. The second-order valence-corrected chi connectivity index (χ2v) is 4.77. The molecule has 0 bridgehead atoms. The predicted molar refractivity (Wildman–Crippen MR) is 62.0 cm³/mol. The van der Waals surface area contributed by atoms with E-state index in [1.165, 1.54) is 4.90 Å². The molecule has 1 aromatic rings. The number of carbonyl (C=O) groups excluding carboxylic acids is 1. The number of benzene rings is 1. The van der Waals surface area contributed by atoms with Crippen LogP contribution in [0.1, 0.15) is 23.2 Å². The van der Waals surface area contributed by atoms with Crippen LogP contribution in [0, 0.1) is 29.2 Å². The number of halogens is 4. The number of rotatable bonds is 3. The van der Waals surface area contributed by atoms with Gasteiger partial charge in [-0.15, -0.1) is 0 Å². The summed E-state index contributed by atoms with van der Waals surface area (Å²) in [4.78, 5) is 13.2. The zero-order chi connectivity index (χ0) is 14.9. The Morgan fingerprint density at radius 2 is 1.95 bits per heavy atom. The van der Waals surface area contributed by atoms with Crippen LogP contribution in [0.25, 0.3) is 0 Å². The van der Waals surface area contributed by atoms with Gasteiger partial charge in [0.25, 0.3) is 5.91 Å². The second kappa shape index (κ2) is 5.78. The van der Waals surface area contributed by atoms with Gasteiger partial charge in [-0.25, -0.2) is 17.6 Å². The molecule has 0 aliphatic carbocycles. The van der Waals surface area contributed by atoms with Crippen LogP contribution >= 0.6 is 0 Å². The maximum atomic E-state index is 13.5. The first kappa shape index (κ1) is 14.8. The average Bonchev–Trinajstić information content (AvgIpc) is 2.89. The molecule has 110 valence electrons. The van der Waals surface area contributed by atoms with Crippen LogP contribution in [0.4, 0.5) is 17.6 Å². The first-order valence-corrected chi connectivity index (χ1v) is 6.18. The van der Waals surface area contributed by atoms with Gasteiger partial charge < -0.3 is 10.0 Å². The van der Waals surface area contributed by atoms with Crippen LogP contribution in [-0.4, -0.2) is 35.6 Å². The third-order valence-corrected chi connectivity index (χ3v) is 3.44. The monoisotopic (exact) mass is 291 g/mol. The molecule has 1 fully saturated rings. The zero-order valence-corrected chi connectivity index (χ0v) is 10.5. The minimum absolute atomic E-state index is 0.0269. The molecular weight excluding hydrogens is 278 g/mol. The van der Waals surface area contributed by atoms with E-state index in [4.69, 9.17) is 5.11 Å². The van der Waals surface area contributed by atoms with Gasteiger partial charge >= 0.3 is 0 Å². The van der Waals surface area contributed by atoms with Crippen molar-refractivity contribution < 1.29 is 27.5 Å². The van der Waals surface area contributed by atoms with Gasteiger partial charge in [0.1, 0.15) is 0 Å².